The second kappa shape index (κ2) is 8.38. The predicted molar refractivity (Wildman–Crippen MR) is 77.6 cm³/mol. The molecule has 1 heterocycles. The number of halogens is 1. The molecule has 140 valence electrons. The number of aliphatic hydroxyl groups excluding tert-OH is 4. The third-order valence-corrected chi connectivity index (χ3v) is 3.87. The summed E-state index contributed by atoms with van der Waals surface area (Å²) in [5.41, 5.74) is 0. The zero-order valence-corrected chi connectivity index (χ0v) is 13.5. The molecule has 1 amide bonds. The Morgan fingerprint density at radius 3 is 2.50 bits per heavy atom. The lowest BCUT2D eigenvalue weighted by atomic mass is 9.87. The minimum Gasteiger partial charge on any atom is -0.465 e. The van der Waals surface area contributed by atoms with Crippen LogP contribution in [0, 0.1) is 0 Å². The maximum absolute atomic E-state index is 14.3. The first-order valence-corrected chi connectivity index (χ1v) is 7.45. The molecule has 0 saturated carbocycles. The SMILES string of the molecule is COC(=O)C1(O)OC(C(O)[C@H](O)CO)[C@H](NC(=O)CS)[C@@H](O)[C@H]1F. The zero-order valence-electron chi connectivity index (χ0n) is 12.6. The van der Waals surface area contributed by atoms with Gasteiger partial charge in [0.15, 0.2) is 6.17 Å². The highest BCUT2D eigenvalue weighted by molar-refractivity contribution is 7.81. The summed E-state index contributed by atoms with van der Waals surface area (Å²) in [6.07, 6.45) is -10.6. The molecular weight excluding hydrogens is 353 g/mol. The van der Waals surface area contributed by atoms with Gasteiger partial charge in [0.05, 0.1) is 25.5 Å². The average molecular weight is 373 g/mol. The van der Waals surface area contributed by atoms with Gasteiger partial charge in [-0.2, -0.15) is 12.6 Å². The van der Waals surface area contributed by atoms with Crippen LogP contribution in [-0.4, -0.2) is 99.3 Å². The fraction of sp³-hybridized carbons (Fsp3) is 0.833. The third kappa shape index (κ3) is 3.96. The average Bonchev–Trinajstić information content (AvgIpc) is 2.59. The molecule has 10 nitrogen and oxygen atoms in total. The first kappa shape index (κ1) is 21.0. The van der Waals surface area contributed by atoms with Crippen LogP contribution < -0.4 is 5.32 Å². The number of carbonyl (C=O) groups excluding carboxylic acids is 2. The number of carbonyl (C=O) groups is 2. The van der Waals surface area contributed by atoms with Crippen molar-refractivity contribution in [1.82, 2.24) is 5.32 Å². The lowest BCUT2D eigenvalue weighted by Gasteiger charge is -2.46. The second-order valence-electron chi connectivity index (χ2n) is 5.15. The highest BCUT2D eigenvalue weighted by Gasteiger charge is 2.61. The second-order valence-corrected chi connectivity index (χ2v) is 5.47. The van der Waals surface area contributed by atoms with Crippen LogP contribution in [0.15, 0.2) is 0 Å². The van der Waals surface area contributed by atoms with Crippen LogP contribution in [0.25, 0.3) is 0 Å². The Morgan fingerprint density at radius 1 is 1.46 bits per heavy atom. The van der Waals surface area contributed by atoms with Gasteiger partial charge in [-0.25, -0.2) is 9.18 Å². The highest BCUT2D eigenvalue weighted by atomic mass is 32.1. The van der Waals surface area contributed by atoms with Crippen LogP contribution in [0.1, 0.15) is 0 Å². The Hall–Kier alpha value is -1.02. The van der Waals surface area contributed by atoms with Gasteiger partial charge in [0.1, 0.15) is 24.4 Å². The lowest BCUT2D eigenvalue weighted by Crippen LogP contribution is -2.72. The Bertz CT molecular complexity index is 470. The normalized spacial score (nSPS) is 35.8. The van der Waals surface area contributed by atoms with Crippen LogP contribution in [0.5, 0.6) is 0 Å². The van der Waals surface area contributed by atoms with Crippen LogP contribution >= 0.6 is 12.6 Å². The smallest absolute Gasteiger partial charge is 0.369 e. The molecule has 3 unspecified atom stereocenters. The summed E-state index contributed by atoms with van der Waals surface area (Å²) in [5.74, 6) is -6.01. The molecular formula is C12H20FNO9S. The fourth-order valence-corrected chi connectivity index (χ4v) is 2.36. The number of ether oxygens (including phenoxy) is 2. The molecule has 1 aliphatic rings. The number of methoxy groups -OCH3 is 1. The lowest BCUT2D eigenvalue weighted by molar-refractivity contribution is -0.321. The summed E-state index contributed by atoms with van der Waals surface area (Å²) in [6.45, 7) is -0.944. The molecule has 0 aromatic rings. The molecule has 1 rings (SSSR count). The molecule has 1 saturated heterocycles. The summed E-state index contributed by atoms with van der Waals surface area (Å²) >= 11 is 3.69. The molecule has 0 aliphatic carbocycles. The number of hydrogen-bond acceptors (Lipinski definition) is 10. The number of nitrogens with one attached hydrogen (secondary N) is 1. The van der Waals surface area contributed by atoms with E-state index in [1.807, 2.05) is 0 Å². The van der Waals surface area contributed by atoms with Crippen molar-refractivity contribution in [3.63, 3.8) is 0 Å². The molecule has 0 aromatic heterocycles. The molecule has 0 radical (unpaired) electrons. The van der Waals surface area contributed by atoms with Gasteiger partial charge in [0, 0.05) is 0 Å². The summed E-state index contributed by atoms with van der Waals surface area (Å²) in [6, 6.07) is -1.65. The molecule has 24 heavy (non-hydrogen) atoms. The summed E-state index contributed by atoms with van der Waals surface area (Å²) < 4.78 is 23.3. The standard InChI is InChI=1S/C12H20FNO9S/c1-22-11(20)12(21)10(13)8(19)6(14-5(17)3-24)9(23-12)7(18)4(16)2-15/h4,6-10,15-16,18-19,21,24H,2-3H2,1H3,(H,14,17)/t4-,6-,7?,8-,9?,10-,12?/m1/s1. The molecule has 1 aliphatic heterocycles. The van der Waals surface area contributed by atoms with Gasteiger partial charge in [-0.3, -0.25) is 4.79 Å². The van der Waals surface area contributed by atoms with Crippen LogP contribution in [0.4, 0.5) is 4.39 Å². The van der Waals surface area contributed by atoms with Crippen molar-refractivity contribution in [2.24, 2.45) is 0 Å². The summed E-state index contributed by atoms with van der Waals surface area (Å²) in [4.78, 5) is 23.1. The number of amides is 1. The van der Waals surface area contributed by atoms with Gasteiger partial charge in [-0.05, 0) is 0 Å². The van der Waals surface area contributed by atoms with Gasteiger partial charge in [0.25, 0.3) is 0 Å². The zero-order chi connectivity index (χ0) is 18.7. The van der Waals surface area contributed by atoms with Gasteiger partial charge in [-0.15, -0.1) is 0 Å². The fourth-order valence-electron chi connectivity index (χ4n) is 2.27. The van der Waals surface area contributed by atoms with Crippen molar-refractivity contribution in [3.05, 3.63) is 0 Å². The Morgan fingerprint density at radius 2 is 2.04 bits per heavy atom. The molecule has 0 aromatic carbocycles. The van der Waals surface area contributed by atoms with E-state index in [0.29, 0.717) is 0 Å². The maximum Gasteiger partial charge on any atom is 0.369 e. The third-order valence-electron chi connectivity index (χ3n) is 3.58. The predicted octanol–water partition coefficient (Wildman–Crippen LogP) is -3.93. The number of hydrogen-bond donors (Lipinski definition) is 7. The molecule has 7 atom stereocenters. The van der Waals surface area contributed by atoms with E-state index in [2.05, 4.69) is 22.7 Å². The minimum absolute atomic E-state index is 0.354. The number of esters is 1. The largest absolute Gasteiger partial charge is 0.465 e. The van der Waals surface area contributed by atoms with Gasteiger partial charge < -0.3 is 40.3 Å². The van der Waals surface area contributed by atoms with Gasteiger partial charge in [-0.1, -0.05) is 0 Å². The van der Waals surface area contributed by atoms with E-state index >= 15 is 0 Å². The molecule has 0 spiro atoms. The van der Waals surface area contributed by atoms with Crippen LogP contribution in [-0.2, 0) is 19.1 Å². The van der Waals surface area contributed by atoms with Crippen molar-refractivity contribution in [1.29, 1.82) is 0 Å². The van der Waals surface area contributed by atoms with Crippen molar-refractivity contribution >= 4 is 24.5 Å². The van der Waals surface area contributed by atoms with Gasteiger partial charge in [0.2, 0.25) is 5.91 Å². The maximum atomic E-state index is 14.3. The minimum atomic E-state index is -3.28. The molecule has 0 bridgehead atoms. The molecule has 12 heteroatoms. The number of aliphatic hydroxyl groups is 5. The van der Waals surface area contributed by atoms with Crippen molar-refractivity contribution in [2.45, 2.75) is 42.4 Å². The molecule has 1 fully saturated rings. The monoisotopic (exact) mass is 373 g/mol. The van der Waals surface area contributed by atoms with E-state index in [1.165, 1.54) is 0 Å². The highest BCUT2D eigenvalue weighted by Crippen LogP contribution is 2.33. The van der Waals surface area contributed by atoms with Crippen LogP contribution in [0.2, 0.25) is 0 Å². The van der Waals surface area contributed by atoms with Crippen molar-refractivity contribution in [2.75, 3.05) is 19.5 Å². The van der Waals surface area contributed by atoms with E-state index in [4.69, 9.17) is 9.84 Å². The van der Waals surface area contributed by atoms with E-state index in [0.717, 1.165) is 7.11 Å². The van der Waals surface area contributed by atoms with E-state index in [-0.39, 0.29) is 5.75 Å². The van der Waals surface area contributed by atoms with E-state index in [9.17, 15) is 34.4 Å². The Labute approximate surface area is 141 Å². The van der Waals surface area contributed by atoms with E-state index in [1.54, 1.807) is 0 Å². The topological polar surface area (TPSA) is 166 Å². The van der Waals surface area contributed by atoms with Crippen LogP contribution in [0.3, 0.4) is 0 Å². The van der Waals surface area contributed by atoms with Crippen molar-refractivity contribution < 1.29 is 49.0 Å². The Balaban J connectivity index is 3.22. The van der Waals surface area contributed by atoms with E-state index < -0.39 is 60.9 Å². The summed E-state index contributed by atoms with van der Waals surface area (Å²) in [7, 11) is 0.825. The Kier molecular flexibility index (Phi) is 7.34. The molecule has 6 N–H and O–H groups in total. The first-order chi connectivity index (χ1) is 11.1. The quantitative estimate of drug-likeness (QED) is 0.182. The van der Waals surface area contributed by atoms with Gasteiger partial charge >= 0.3 is 11.8 Å². The number of alkyl halides is 1. The first-order valence-electron chi connectivity index (χ1n) is 6.82. The van der Waals surface area contributed by atoms with Crippen molar-refractivity contribution in [3.8, 4) is 0 Å². The number of rotatable bonds is 6. The number of thiol groups is 1. The summed E-state index contributed by atoms with van der Waals surface area (Å²) in [5, 5.41) is 50.6.